The van der Waals surface area contributed by atoms with Crippen LogP contribution in [-0.4, -0.2) is 28.3 Å². The van der Waals surface area contributed by atoms with Crippen LogP contribution in [-0.2, 0) is 9.53 Å². The molecule has 112 valence electrons. The Morgan fingerprint density at radius 2 is 1.68 bits per heavy atom. The molecule has 0 aliphatic heterocycles. The lowest BCUT2D eigenvalue weighted by atomic mass is 9.94. The third-order valence-electron chi connectivity index (χ3n) is 2.78. The van der Waals surface area contributed by atoms with Crippen molar-refractivity contribution in [2.75, 3.05) is 0 Å². The molecule has 5 heteroatoms. The van der Waals surface area contributed by atoms with E-state index in [1.165, 1.54) is 6.92 Å². The first kappa shape index (κ1) is 17.7. The lowest BCUT2D eigenvalue weighted by Gasteiger charge is -2.28. The molecule has 0 spiro atoms. The van der Waals surface area contributed by atoms with Gasteiger partial charge in [0.1, 0.15) is 11.1 Å². The average molecular weight is 273 g/mol. The maximum atomic E-state index is 11.7. The maximum Gasteiger partial charge on any atom is 0.408 e. The minimum Gasteiger partial charge on any atom is -0.480 e. The Balaban J connectivity index is 4.45. The SMILES string of the molecule is CCCCCCC(C)(NC(=O)OC(C)(C)C)C(=O)O. The second-order valence-electron chi connectivity index (χ2n) is 6.07. The van der Waals surface area contributed by atoms with E-state index in [9.17, 15) is 14.7 Å². The Morgan fingerprint density at radius 3 is 2.11 bits per heavy atom. The highest BCUT2D eigenvalue weighted by Gasteiger charge is 2.35. The molecule has 0 rings (SSSR count). The smallest absolute Gasteiger partial charge is 0.408 e. The van der Waals surface area contributed by atoms with E-state index in [0.29, 0.717) is 6.42 Å². The summed E-state index contributed by atoms with van der Waals surface area (Å²) >= 11 is 0. The highest BCUT2D eigenvalue weighted by Crippen LogP contribution is 2.17. The van der Waals surface area contributed by atoms with Gasteiger partial charge in [0.15, 0.2) is 0 Å². The molecule has 0 fully saturated rings. The molecule has 0 aliphatic carbocycles. The number of rotatable bonds is 7. The van der Waals surface area contributed by atoms with Crippen LogP contribution in [0.3, 0.4) is 0 Å². The Morgan fingerprint density at radius 1 is 1.11 bits per heavy atom. The first-order chi connectivity index (χ1) is 8.60. The van der Waals surface area contributed by atoms with Crippen LogP contribution in [0.1, 0.15) is 66.7 Å². The molecular formula is C14H27NO4. The fourth-order valence-corrected chi connectivity index (χ4v) is 1.66. The van der Waals surface area contributed by atoms with E-state index in [2.05, 4.69) is 12.2 Å². The van der Waals surface area contributed by atoms with E-state index in [0.717, 1.165) is 25.7 Å². The lowest BCUT2D eigenvalue weighted by Crippen LogP contribution is -2.53. The Hall–Kier alpha value is -1.26. The molecule has 2 N–H and O–H groups in total. The number of unbranched alkanes of at least 4 members (excludes halogenated alkanes) is 3. The van der Waals surface area contributed by atoms with E-state index in [-0.39, 0.29) is 0 Å². The topological polar surface area (TPSA) is 75.6 Å². The molecular weight excluding hydrogens is 246 g/mol. The third-order valence-corrected chi connectivity index (χ3v) is 2.78. The molecule has 0 aliphatic rings. The second kappa shape index (κ2) is 7.36. The van der Waals surface area contributed by atoms with Crippen LogP contribution < -0.4 is 5.32 Å². The summed E-state index contributed by atoms with van der Waals surface area (Å²) in [5.41, 5.74) is -1.90. The van der Waals surface area contributed by atoms with Crippen molar-refractivity contribution >= 4 is 12.1 Å². The molecule has 0 aromatic rings. The number of alkyl carbamates (subject to hydrolysis) is 1. The zero-order chi connectivity index (χ0) is 15.1. The van der Waals surface area contributed by atoms with E-state index >= 15 is 0 Å². The largest absolute Gasteiger partial charge is 0.480 e. The van der Waals surface area contributed by atoms with Crippen LogP contribution in [0.2, 0.25) is 0 Å². The van der Waals surface area contributed by atoms with E-state index < -0.39 is 23.2 Å². The first-order valence-electron chi connectivity index (χ1n) is 6.85. The first-order valence-corrected chi connectivity index (χ1v) is 6.85. The predicted molar refractivity (Wildman–Crippen MR) is 74.2 cm³/mol. The number of hydrogen-bond acceptors (Lipinski definition) is 3. The lowest BCUT2D eigenvalue weighted by molar-refractivity contribution is -0.144. The number of nitrogens with one attached hydrogen (secondary N) is 1. The molecule has 1 amide bonds. The normalized spacial score (nSPS) is 14.6. The van der Waals surface area contributed by atoms with Gasteiger partial charge in [0.05, 0.1) is 0 Å². The van der Waals surface area contributed by atoms with Gasteiger partial charge in [0, 0.05) is 0 Å². The molecule has 0 saturated heterocycles. The summed E-state index contributed by atoms with van der Waals surface area (Å²) in [5.74, 6) is -1.03. The second-order valence-corrected chi connectivity index (χ2v) is 6.07. The van der Waals surface area contributed by atoms with Crippen molar-refractivity contribution in [3.63, 3.8) is 0 Å². The molecule has 0 aromatic heterocycles. The van der Waals surface area contributed by atoms with Crippen molar-refractivity contribution in [3.8, 4) is 0 Å². The van der Waals surface area contributed by atoms with Gasteiger partial charge in [-0.3, -0.25) is 0 Å². The van der Waals surface area contributed by atoms with Crippen molar-refractivity contribution in [1.82, 2.24) is 5.32 Å². The van der Waals surface area contributed by atoms with Crippen molar-refractivity contribution in [3.05, 3.63) is 0 Å². The number of amides is 1. The van der Waals surface area contributed by atoms with Crippen LogP contribution in [0, 0.1) is 0 Å². The van der Waals surface area contributed by atoms with Crippen LogP contribution in [0.5, 0.6) is 0 Å². The number of hydrogen-bond donors (Lipinski definition) is 2. The zero-order valence-corrected chi connectivity index (χ0v) is 12.7. The van der Waals surface area contributed by atoms with Gasteiger partial charge >= 0.3 is 12.1 Å². The molecule has 1 atom stereocenters. The summed E-state index contributed by atoms with van der Waals surface area (Å²) in [4.78, 5) is 23.0. The van der Waals surface area contributed by atoms with Crippen molar-refractivity contribution in [1.29, 1.82) is 0 Å². The van der Waals surface area contributed by atoms with Crippen LogP contribution in [0.4, 0.5) is 4.79 Å². The summed E-state index contributed by atoms with van der Waals surface area (Å²) in [6.07, 6.45) is 3.61. The van der Waals surface area contributed by atoms with E-state index in [1.54, 1.807) is 20.8 Å². The summed E-state index contributed by atoms with van der Waals surface area (Å²) in [5, 5.41) is 11.7. The number of carboxylic acid groups (broad SMARTS) is 1. The minimum atomic E-state index is -1.27. The summed E-state index contributed by atoms with van der Waals surface area (Å²) in [7, 11) is 0. The molecule has 19 heavy (non-hydrogen) atoms. The van der Waals surface area contributed by atoms with Gasteiger partial charge in [-0.15, -0.1) is 0 Å². The van der Waals surface area contributed by atoms with Gasteiger partial charge in [0.2, 0.25) is 0 Å². The van der Waals surface area contributed by atoms with E-state index in [4.69, 9.17) is 4.74 Å². The van der Waals surface area contributed by atoms with Gasteiger partial charge in [-0.25, -0.2) is 9.59 Å². The molecule has 1 unspecified atom stereocenters. The monoisotopic (exact) mass is 273 g/mol. The molecule has 5 nitrogen and oxygen atoms in total. The third kappa shape index (κ3) is 7.70. The summed E-state index contributed by atoms with van der Waals surface area (Å²) in [6, 6.07) is 0. The number of aliphatic carboxylic acids is 1. The van der Waals surface area contributed by atoms with Crippen LogP contribution in [0.15, 0.2) is 0 Å². The van der Waals surface area contributed by atoms with Crippen molar-refractivity contribution in [2.24, 2.45) is 0 Å². The van der Waals surface area contributed by atoms with Gasteiger partial charge in [-0.05, 0) is 34.1 Å². The highest BCUT2D eigenvalue weighted by atomic mass is 16.6. The van der Waals surface area contributed by atoms with E-state index in [1.807, 2.05) is 0 Å². The quantitative estimate of drug-likeness (QED) is 0.698. The fourth-order valence-electron chi connectivity index (χ4n) is 1.66. The Bertz CT molecular complexity index is 309. The molecule has 0 radical (unpaired) electrons. The van der Waals surface area contributed by atoms with Crippen LogP contribution >= 0.6 is 0 Å². The number of ether oxygens (including phenoxy) is 1. The molecule has 0 saturated carbocycles. The predicted octanol–water partition coefficient (Wildman–Crippen LogP) is 3.32. The summed E-state index contributed by atoms with van der Waals surface area (Å²) < 4.78 is 5.10. The Labute approximate surface area is 115 Å². The van der Waals surface area contributed by atoms with Gasteiger partial charge in [-0.2, -0.15) is 0 Å². The molecule has 0 heterocycles. The van der Waals surface area contributed by atoms with Gasteiger partial charge in [0.25, 0.3) is 0 Å². The van der Waals surface area contributed by atoms with Gasteiger partial charge < -0.3 is 15.2 Å². The number of carbonyl (C=O) groups is 2. The minimum absolute atomic E-state index is 0.404. The zero-order valence-electron chi connectivity index (χ0n) is 12.7. The highest BCUT2D eigenvalue weighted by molar-refractivity contribution is 5.83. The number of carboxylic acids is 1. The standard InChI is InChI=1S/C14H27NO4/c1-6-7-8-9-10-14(5,11(16)17)15-12(18)19-13(2,3)4/h6-10H2,1-5H3,(H,15,18)(H,16,17). The van der Waals surface area contributed by atoms with Crippen molar-refractivity contribution < 1.29 is 19.4 Å². The average Bonchev–Trinajstić information content (AvgIpc) is 2.21. The maximum absolute atomic E-state index is 11.7. The number of carbonyl (C=O) groups excluding carboxylic acids is 1. The Kier molecular flexibility index (Phi) is 6.87. The van der Waals surface area contributed by atoms with Crippen LogP contribution in [0.25, 0.3) is 0 Å². The summed E-state index contributed by atoms with van der Waals surface area (Å²) in [6.45, 7) is 8.84. The fraction of sp³-hybridized carbons (Fsp3) is 0.857. The van der Waals surface area contributed by atoms with Crippen molar-refractivity contribution in [2.45, 2.75) is 77.9 Å². The molecule has 0 bridgehead atoms. The molecule has 0 aromatic carbocycles. The van der Waals surface area contributed by atoms with Gasteiger partial charge in [-0.1, -0.05) is 32.6 Å².